The standard InChI is InChI=1S/C19H22O4/c1-6-23-19(20)12(2)11-16-13(3)17(21-4)14-9-7-8-10-15(14)18(16)22-5/h7-11H,6H2,1-5H3. The van der Waals surface area contributed by atoms with Crippen LogP contribution in [-0.4, -0.2) is 26.8 Å². The molecule has 122 valence electrons. The SMILES string of the molecule is CCOC(=O)C(C)=Cc1c(C)c(OC)c2ccccc2c1OC. The van der Waals surface area contributed by atoms with Crippen LogP contribution in [0.3, 0.4) is 0 Å². The fourth-order valence-electron chi connectivity index (χ4n) is 2.70. The van der Waals surface area contributed by atoms with Crippen LogP contribution in [0.4, 0.5) is 0 Å². The van der Waals surface area contributed by atoms with E-state index in [2.05, 4.69) is 0 Å². The third kappa shape index (κ3) is 3.16. The molecule has 0 N–H and O–H groups in total. The Kier molecular flexibility index (Phi) is 5.27. The third-order valence-electron chi connectivity index (χ3n) is 3.77. The second-order valence-corrected chi connectivity index (χ2v) is 5.20. The van der Waals surface area contributed by atoms with Gasteiger partial charge in [0.1, 0.15) is 11.5 Å². The topological polar surface area (TPSA) is 44.8 Å². The Balaban J connectivity index is 2.75. The van der Waals surface area contributed by atoms with Crippen LogP contribution in [0, 0.1) is 6.92 Å². The minimum atomic E-state index is -0.332. The number of benzene rings is 2. The summed E-state index contributed by atoms with van der Waals surface area (Å²) in [5.41, 5.74) is 2.27. The van der Waals surface area contributed by atoms with Gasteiger partial charge in [-0.2, -0.15) is 0 Å². The van der Waals surface area contributed by atoms with Crippen LogP contribution in [0.5, 0.6) is 11.5 Å². The first-order chi connectivity index (χ1) is 11.0. The molecule has 0 fully saturated rings. The number of methoxy groups -OCH3 is 2. The van der Waals surface area contributed by atoms with Gasteiger partial charge in [-0.05, 0) is 26.8 Å². The van der Waals surface area contributed by atoms with Crippen LogP contribution in [-0.2, 0) is 9.53 Å². The Labute approximate surface area is 136 Å². The Morgan fingerprint density at radius 3 is 2.17 bits per heavy atom. The van der Waals surface area contributed by atoms with Gasteiger partial charge in [-0.25, -0.2) is 4.79 Å². The van der Waals surface area contributed by atoms with Crippen molar-refractivity contribution in [3.05, 3.63) is 41.0 Å². The molecule has 0 saturated carbocycles. The minimum absolute atomic E-state index is 0.332. The summed E-state index contributed by atoms with van der Waals surface area (Å²) in [5, 5.41) is 1.93. The van der Waals surface area contributed by atoms with Crippen molar-refractivity contribution in [1.82, 2.24) is 0 Å². The normalized spacial score (nSPS) is 11.4. The fraction of sp³-hybridized carbons (Fsp3) is 0.316. The summed E-state index contributed by atoms with van der Waals surface area (Å²) in [6.45, 7) is 5.83. The van der Waals surface area contributed by atoms with Crippen LogP contribution in [0.2, 0.25) is 0 Å². The third-order valence-corrected chi connectivity index (χ3v) is 3.77. The predicted molar refractivity (Wildman–Crippen MR) is 92.1 cm³/mol. The van der Waals surface area contributed by atoms with Gasteiger partial charge in [0.15, 0.2) is 0 Å². The highest BCUT2D eigenvalue weighted by molar-refractivity contribution is 6.00. The molecule has 2 rings (SSSR count). The highest BCUT2D eigenvalue weighted by Crippen LogP contribution is 2.41. The second kappa shape index (κ2) is 7.18. The van der Waals surface area contributed by atoms with Gasteiger partial charge >= 0.3 is 5.97 Å². The Morgan fingerprint density at radius 2 is 1.65 bits per heavy atom. The van der Waals surface area contributed by atoms with E-state index >= 15 is 0 Å². The molecule has 0 unspecified atom stereocenters. The highest BCUT2D eigenvalue weighted by Gasteiger charge is 2.18. The van der Waals surface area contributed by atoms with Crippen LogP contribution < -0.4 is 9.47 Å². The summed E-state index contributed by atoms with van der Waals surface area (Å²) in [6, 6.07) is 7.89. The molecule has 0 aromatic heterocycles. The lowest BCUT2D eigenvalue weighted by Crippen LogP contribution is -2.05. The highest BCUT2D eigenvalue weighted by atomic mass is 16.5. The number of rotatable bonds is 5. The molecule has 0 spiro atoms. The molecule has 4 heteroatoms. The molecule has 4 nitrogen and oxygen atoms in total. The molecule has 0 bridgehead atoms. The zero-order valence-corrected chi connectivity index (χ0v) is 14.2. The van der Waals surface area contributed by atoms with Crippen molar-refractivity contribution in [2.24, 2.45) is 0 Å². The number of carbonyl (C=O) groups is 1. The molecule has 0 aliphatic heterocycles. The maximum atomic E-state index is 11.9. The number of esters is 1. The van der Waals surface area contributed by atoms with Crippen LogP contribution in [0.25, 0.3) is 16.8 Å². The van der Waals surface area contributed by atoms with E-state index in [1.54, 1.807) is 34.1 Å². The van der Waals surface area contributed by atoms with Crippen molar-refractivity contribution in [2.45, 2.75) is 20.8 Å². The quantitative estimate of drug-likeness (QED) is 0.615. The van der Waals surface area contributed by atoms with E-state index in [4.69, 9.17) is 14.2 Å². The predicted octanol–water partition coefficient (Wildman–Crippen LogP) is 4.13. The molecule has 2 aromatic carbocycles. The fourth-order valence-corrected chi connectivity index (χ4v) is 2.70. The molecular weight excluding hydrogens is 292 g/mol. The molecule has 0 saturated heterocycles. The van der Waals surface area contributed by atoms with Crippen LogP contribution in [0.1, 0.15) is 25.0 Å². The molecule has 2 aromatic rings. The number of carbonyl (C=O) groups excluding carboxylic acids is 1. The van der Waals surface area contributed by atoms with E-state index in [0.717, 1.165) is 33.4 Å². The number of fused-ring (bicyclic) bond motifs is 1. The summed E-state index contributed by atoms with van der Waals surface area (Å²) in [7, 11) is 3.28. The summed E-state index contributed by atoms with van der Waals surface area (Å²) >= 11 is 0. The molecule has 0 radical (unpaired) electrons. The van der Waals surface area contributed by atoms with Gasteiger partial charge in [-0.3, -0.25) is 0 Å². The molecular formula is C19H22O4. The summed E-state index contributed by atoms with van der Waals surface area (Å²) in [6.07, 6.45) is 1.79. The summed E-state index contributed by atoms with van der Waals surface area (Å²) in [4.78, 5) is 11.9. The molecule has 0 aliphatic rings. The molecule has 0 heterocycles. The van der Waals surface area contributed by atoms with E-state index < -0.39 is 0 Å². The smallest absolute Gasteiger partial charge is 0.333 e. The van der Waals surface area contributed by atoms with Gasteiger partial charge in [-0.1, -0.05) is 24.3 Å². The van der Waals surface area contributed by atoms with Crippen molar-refractivity contribution in [3.63, 3.8) is 0 Å². The van der Waals surface area contributed by atoms with Crippen molar-refractivity contribution in [3.8, 4) is 11.5 Å². The average molecular weight is 314 g/mol. The summed E-state index contributed by atoms with van der Waals surface area (Å²) in [5.74, 6) is 1.17. The number of hydrogen-bond acceptors (Lipinski definition) is 4. The largest absolute Gasteiger partial charge is 0.496 e. The molecule has 0 amide bonds. The zero-order chi connectivity index (χ0) is 17.0. The van der Waals surface area contributed by atoms with E-state index in [1.165, 1.54) is 0 Å². The van der Waals surface area contributed by atoms with E-state index in [1.807, 2.05) is 31.2 Å². The van der Waals surface area contributed by atoms with Gasteiger partial charge in [-0.15, -0.1) is 0 Å². The van der Waals surface area contributed by atoms with Crippen LogP contribution >= 0.6 is 0 Å². The van der Waals surface area contributed by atoms with Gasteiger partial charge < -0.3 is 14.2 Å². The number of hydrogen-bond donors (Lipinski definition) is 0. The van der Waals surface area contributed by atoms with Crippen molar-refractivity contribution < 1.29 is 19.0 Å². The van der Waals surface area contributed by atoms with Gasteiger partial charge in [0.25, 0.3) is 0 Å². The average Bonchev–Trinajstić information content (AvgIpc) is 2.56. The van der Waals surface area contributed by atoms with E-state index in [0.29, 0.717) is 12.2 Å². The Morgan fingerprint density at radius 1 is 1.09 bits per heavy atom. The number of ether oxygens (including phenoxy) is 3. The first-order valence-corrected chi connectivity index (χ1v) is 7.53. The van der Waals surface area contributed by atoms with Gasteiger partial charge in [0.05, 0.1) is 20.8 Å². The van der Waals surface area contributed by atoms with Crippen molar-refractivity contribution in [1.29, 1.82) is 0 Å². The molecule has 0 atom stereocenters. The monoisotopic (exact) mass is 314 g/mol. The second-order valence-electron chi connectivity index (χ2n) is 5.20. The maximum absolute atomic E-state index is 11.9. The van der Waals surface area contributed by atoms with E-state index in [9.17, 15) is 4.79 Å². The zero-order valence-electron chi connectivity index (χ0n) is 14.2. The lowest BCUT2D eigenvalue weighted by molar-refractivity contribution is -0.138. The Hall–Kier alpha value is -2.49. The summed E-state index contributed by atoms with van der Waals surface area (Å²) < 4.78 is 16.3. The molecule has 23 heavy (non-hydrogen) atoms. The lowest BCUT2D eigenvalue weighted by Gasteiger charge is -2.17. The van der Waals surface area contributed by atoms with E-state index in [-0.39, 0.29) is 5.97 Å². The molecule has 0 aliphatic carbocycles. The van der Waals surface area contributed by atoms with Gasteiger partial charge in [0, 0.05) is 27.5 Å². The Bertz CT molecular complexity index is 760. The minimum Gasteiger partial charge on any atom is -0.496 e. The first kappa shape index (κ1) is 16.9. The maximum Gasteiger partial charge on any atom is 0.333 e. The van der Waals surface area contributed by atoms with Crippen molar-refractivity contribution >= 4 is 22.8 Å². The van der Waals surface area contributed by atoms with Crippen molar-refractivity contribution in [2.75, 3.05) is 20.8 Å². The van der Waals surface area contributed by atoms with Crippen LogP contribution in [0.15, 0.2) is 29.8 Å². The first-order valence-electron chi connectivity index (χ1n) is 7.53. The lowest BCUT2D eigenvalue weighted by atomic mass is 9.97. The van der Waals surface area contributed by atoms with Gasteiger partial charge in [0.2, 0.25) is 0 Å².